The summed E-state index contributed by atoms with van der Waals surface area (Å²) in [6.45, 7) is 6.55. The van der Waals surface area contributed by atoms with E-state index in [1.807, 2.05) is 57.2 Å². The van der Waals surface area contributed by atoms with E-state index in [0.29, 0.717) is 48.1 Å². The number of esters is 1. The Hall–Kier alpha value is -3.63. The molecule has 2 aliphatic rings. The summed E-state index contributed by atoms with van der Waals surface area (Å²) in [5.74, 6) is 1.23. The summed E-state index contributed by atoms with van der Waals surface area (Å²) in [6.07, 6.45) is 5.63. The highest BCUT2D eigenvalue weighted by Crippen LogP contribution is 2.44. The number of ether oxygens (including phenoxy) is 4. The lowest BCUT2D eigenvalue weighted by molar-refractivity contribution is -0.155. The van der Waals surface area contributed by atoms with Gasteiger partial charge >= 0.3 is 5.97 Å². The topological polar surface area (TPSA) is 128 Å². The molecule has 0 unspecified atom stereocenters. The summed E-state index contributed by atoms with van der Waals surface area (Å²) in [7, 11) is 1.58. The molecule has 1 fully saturated rings. The Balaban J connectivity index is 1.67. The SMILES string of the molecule is COc1cccc([C@@H]2OC(c3ccc(OCCCO)cc3)=N[C@]2(CCC(=O)OC(C)(C)C)C(=O)NNCC2CCCCC2)c1. The van der Waals surface area contributed by atoms with Crippen LogP contribution in [0.3, 0.4) is 0 Å². The smallest absolute Gasteiger partial charge is 0.306 e. The molecule has 2 aromatic rings. The van der Waals surface area contributed by atoms with E-state index >= 15 is 0 Å². The van der Waals surface area contributed by atoms with Crippen LogP contribution in [-0.4, -0.2) is 60.9 Å². The summed E-state index contributed by atoms with van der Waals surface area (Å²) < 4.78 is 23.3. The van der Waals surface area contributed by atoms with Crippen LogP contribution < -0.4 is 20.3 Å². The number of nitrogens with zero attached hydrogens (tertiary/aromatic N) is 1. The van der Waals surface area contributed by atoms with Gasteiger partial charge in [0, 0.05) is 31.6 Å². The molecular formula is C34H47N3O7. The first-order valence-corrected chi connectivity index (χ1v) is 15.6. The Kier molecular flexibility index (Phi) is 11.6. The standard InChI is InChI=1S/C34H47N3O7/c1-33(2,3)44-29(39)18-19-34(32(40)37-35-23-24-10-6-5-7-11-24)30(26-12-8-13-28(22-26)41-4)43-31(36-34)25-14-16-27(17-15-25)42-21-9-20-38/h8,12-17,22,24,30,35,38H,5-7,9-11,18-21,23H2,1-4H3,(H,37,40)/t30-,34-/m0/s1. The van der Waals surface area contributed by atoms with Gasteiger partial charge < -0.3 is 24.1 Å². The second-order valence-electron chi connectivity index (χ2n) is 12.5. The fraction of sp³-hybridized carbons (Fsp3) is 0.559. The van der Waals surface area contributed by atoms with Crippen molar-refractivity contribution in [2.75, 3.05) is 26.9 Å². The zero-order chi connectivity index (χ0) is 31.6. The van der Waals surface area contributed by atoms with Crippen molar-refractivity contribution in [1.29, 1.82) is 0 Å². The number of hydrogen-bond acceptors (Lipinski definition) is 9. The molecule has 1 aliphatic heterocycles. The van der Waals surface area contributed by atoms with Crippen LogP contribution in [0.5, 0.6) is 11.5 Å². The van der Waals surface area contributed by atoms with Crippen LogP contribution in [0.25, 0.3) is 0 Å². The van der Waals surface area contributed by atoms with Gasteiger partial charge in [-0.25, -0.2) is 10.4 Å². The number of amides is 1. The summed E-state index contributed by atoms with van der Waals surface area (Å²) in [4.78, 5) is 32.1. The molecule has 3 N–H and O–H groups in total. The quantitative estimate of drug-likeness (QED) is 0.155. The molecule has 0 aromatic heterocycles. The highest BCUT2D eigenvalue weighted by Gasteiger charge is 2.53. The maximum Gasteiger partial charge on any atom is 0.306 e. The van der Waals surface area contributed by atoms with Crippen LogP contribution in [0.4, 0.5) is 0 Å². The third-order valence-electron chi connectivity index (χ3n) is 7.87. The molecule has 2 atom stereocenters. The Morgan fingerprint density at radius 1 is 1.07 bits per heavy atom. The van der Waals surface area contributed by atoms with Gasteiger partial charge in [0.2, 0.25) is 5.90 Å². The maximum absolute atomic E-state index is 14.2. The van der Waals surface area contributed by atoms with Crippen LogP contribution in [0.15, 0.2) is 53.5 Å². The first-order chi connectivity index (χ1) is 21.1. The third-order valence-corrected chi connectivity index (χ3v) is 7.87. The number of benzene rings is 2. The number of hydrazine groups is 1. The van der Waals surface area contributed by atoms with E-state index in [4.69, 9.17) is 29.0 Å². The summed E-state index contributed by atoms with van der Waals surface area (Å²) in [5.41, 5.74) is 5.30. The van der Waals surface area contributed by atoms with Crippen molar-refractivity contribution in [2.24, 2.45) is 10.9 Å². The van der Waals surface area contributed by atoms with Gasteiger partial charge in [-0.15, -0.1) is 0 Å². The molecule has 240 valence electrons. The number of rotatable bonds is 14. The van der Waals surface area contributed by atoms with E-state index in [1.165, 1.54) is 19.3 Å². The zero-order valence-corrected chi connectivity index (χ0v) is 26.4. The molecule has 0 bridgehead atoms. The van der Waals surface area contributed by atoms with E-state index in [2.05, 4.69) is 10.9 Å². The van der Waals surface area contributed by atoms with Crippen molar-refractivity contribution in [3.8, 4) is 11.5 Å². The molecule has 1 saturated carbocycles. The van der Waals surface area contributed by atoms with Crippen molar-refractivity contribution in [2.45, 2.75) is 89.4 Å². The normalized spacial score (nSPS) is 20.4. The number of nitrogens with one attached hydrogen (secondary N) is 2. The fourth-order valence-electron chi connectivity index (χ4n) is 5.64. The van der Waals surface area contributed by atoms with Crippen LogP contribution >= 0.6 is 0 Å². The zero-order valence-electron chi connectivity index (χ0n) is 26.4. The monoisotopic (exact) mass is 609 g/mol. The Morgan fingerprint density at radius 3 is 2.50 bits per heavy atom. The molecule has 0 saturated heterocycles. The summed E-state index contributed by atoms with van der Waals surface area (Å²) in [6, 6.07) is 14.6. The van der Waals surface area contributed by atoms with Crippen LogP contribution in [0.1, 0.15) is 89.4 Å². The predicted molar refractivity (Wildman–Crippen MR) is 168 cm³/mol. The van der Waals surface area contributed by atoms with Gasteiger partial charge in [0.1, 0.15) is 17.1 Å². The van der Waals surface area contributed by atoms with Crippen LogP contribution in [0.2, 0.25) is 0 Å². The van der Waals surface area contributed by atoms with Crippen molar-refractivity contribution < 1.29 is 33.6 Å². The number of hydrogen-bond donors (Lipinski definition) is 3. The molecule has 1 aliphatic carbocycles. The number of aliphatic imine (C=N–C) groups is 1. The largest absolute Gasteiger partial charge is 0.497 e. The van der Waals surface area contributed by atoms with Crippen molar-refractivity contribution in [3.63, 3.8) is 0 Å². The van der Waals surface area contributed by atoms with Gasteiger partial charge in [-0.1, -0.05) is 31.4 Å². The fourth-order valence-corrected chi connectivity index (χ4v) is 5.64. The molecule has 44 heavy (non-hydrogen) atoms. The minimum Gasteiger partial charge on any atom is -0.497 e. The average Bonchev–Trinajstić information content (AvgIpc) is 3.41. The first-order valence-electron chi connectivity index (χ1n) is 15.6. The van der Waals surface area contributed by atoms with E-state index in [1.54, 1.807) is 19.2 Å². The van der Waals surface area contributed by atoms with Gasteiger partial charge in [0.25, 0.3) is 5.91 Å². The average molecular weight is 610 g/mol. The molecule has 2 aromatic carbocycles. The van der Waals surface area contributed by atoms with Crippen molar-refractivity contribution >= 4 is 17.8 Å². The van der Waals surface area contributed by atoms with E-state index in [9.17, 15) is 9.59 Å². The number of aliphatic hydroxyl groups excluding tert-OH is 1. The lowest BCUT2D eigenvalue weighted by Gasteiger charge is -2.31. The van der Waals surface area contributed by atoms with Crippen LogP contribution in [-0.2, 0) is 19.1 Å². The first kappa shape index (κ1) is 33.3. The van der Waals surface area contributed by atoms with Crippen molar-refractivity contribution in [1.82, 2.24) is 10.9 Å². The van der Waals surface area contributed by atoms with Gasteiger partial charge in [-0.05, 0) is 87.9 Å². The Bertz CT molecular complexity index is 1270. The molecule has 10 nitrogen and oxygen atoms in total. The van der Waals surface area contributed by atoms with Crippen LogP contribution in [0, 0.1) is 5.92 Å². The minimum absolute atomic E-state index is 0.0362. The summed E-state index contributed by atoms with van der Waals surface area (Å²) >= 11 is 0. The highest BCUT2D eigenvalue weighted by atomic mass is 16.6. The van der Waals surface area contributed by atoms with E-state index in [-0.39, 0.29) is 31.3 Å². The molecule has 1 amide bonds. The Labute approximate surface area is 260 Å². The molecule has 0 spiro atoms. The van der Waals surface area contributed by atoms with Gasteiger partial charge in [-0.3, -0.25) is 15.0 Å². The van der Waals surface area contributed by atoms with Gasteiger partial charge in [0.15, 0.2) is 11.6 Å². The molecule has 1 heterocycles. The lowest BCUT2D eigenvalue weighted by Crippen LogP contribution is -2.53. The molecule has 10 heteroatoms. The molecule has 4 rings (SSSR count). The van der Waals surface area contributed by atoms with Gasteiger partial charge in [-0.2, -0.15) is 0 Å². The number of aliphatic hydroxyl groups is 1. The predicted octanol–water partition coefficient (Wildman–Crippen LogP) is 5.04. The van der Waals surface area contributed by atoms with E-state index in [0.717, 1.165) is 12.8 Å². The van der Waals surface area contributed by atoms with Gasteiger partial charge in [0.05, 0.1) is 13.7 Å². The highest BCUT2D eigenvalue weighted by molar-refractivity contribution is 6.01. The maximum atomic E-state index is 14.2. The number of carbonyl (C=O) groups is 2. The third kappa shape index (κ3) is 8.95. The minimum atomic E-state index is -1.48. The Morgan fingerprint density at radius 2 is 1.82 bits per heavy atom. The molecular weight excluding hydrogens is 562 g/mol. The van der Waals surface area contributed by atoms with E-state index < -0.39 is 23.2 Å². The summed E-state index contributed by atoms with van der Waals surface area (Å²) in [5, 5.41) is 9.05. The lowest BCUT2D eigenvalue weighted by atomic mass is 9.83. The number of methoxy groups -OCH3 is 1. The number of carbonyl (C=O) groups excluding carboxylic acids is 2. The molecule has 0 radical (unpaired) electrons. The van der Waals surface area contributed by atoms with Crippen molar-refractivity contribution in [3.05, 3.63) is 59.7 Å². The second kappa shape index (κ2) is 15.4. The second-order valence-corrected chi connectivity index (χ2v) is 12.5.